The van der Waals surface area contributed by atoms with E-state index in [4.69, 9.17) is 53.8 Å². The molecule has 0 unspecified atom stereocenters. The van der Waals surface area contributed by atoms with Crippen LogP contribution >= 0.6 is 63.4 Å². The van der Waals surface area contributed by atoms with Crippen LogP contribution in [0.3, 0.4) is 0 Å². The van der Waals surface area contributed by atoms with Gasteiger partial charge in [-0.3, -0.25) is 4.79 Å². The molecule has 1 aliphatic carbocycles. The van der Waals surface area contributed by atoms with Crippen LogP contribution in [0.1, 0.15) is 110 Å². The number of methoxy groups -OCH3 is 4. The zero-order valence-corrected chi connectivity index (χ0v) is 86.3. The molecule has 0 saturated carbocycles. The van der Waals surface area contributed by atoms with Gasteiger partial charge in [0.25, 0.3) is 0 Å². The Balaban J connectivity index is 0.000000155. The van der Waals surface area contributed by atoms with Gasteiger partial charge < -0.3 is 89.5 Å². The van der Waals surface area contributed by atoms with Crippen LogP contribution in [0.5, 0.6) is 23.0 Å². The van der Waals surface area contributed by atoms with E-state index >= 15 is 0 Å². The highest BCUT2D eigenvalue weighted by molar-refractivity contribution is 7.92. The highest BCUT2D eigenvalue weighted by atomic mass is 35.5. The summed E-state index contributed by atoms with van der Waals surface area (Å²) in [5.41, 5.74) is 10.2. The largest absolute Gasteiger partial charge is 0.496 e. The lowest BCUT2D eigenvalue weighted by molar-refractivity contribution is 0.101. The third-order valence-electron chi connectivity index (χ3n) is 23.7. The highest BCUT2D eigenvalue weighted by Crippen LogP contribution is 2.45. The summed E-state index contributed by atoms with van der Waals surface area (Å²) in [7, 11) is -6.89. The van der Waals surface area contributed by atoms with Gasteiger partial charge in [-0.15, -0.1) is 0 Å². The Morgan fingerprint density at radius 1 is 0.474 bits per heavy atom. The minimum absolute atomic E-state index is 0.0735. The van der Waals surface area contributed by atoms with E-state index in [9.17, 15) is 31.5 Å². The first-order valence-electron chi connectivity index (χ1n) is 45.1. The molecule has 8 aromatic carbocycles. The number of Topliss-reactive ketones (excluding diaryl/α,β-unsaturated/α-hetero) is 1. The van der Waals surface area contributed by atoms with E-state index in [2.05, 4.69) is 123 Å². The maximum absolute atomic E-state index is 12.9. The summed E-state index contributed by atoms with van der Waals surface area (Å²) in [5.74, 6) is 6.51. The lowest BCUT2D eigenvalue weighted by atomic mass is 9.89. The molecule has 3 saturated heterocycles. The molecule has 16 rings (SSSR count). The van der Waals surface area contributed by atoms with Gasteiger partial charge in [0.1, 0.15) is 78.3 Å². The van der Waals surface area contributed by atoms with E-state index in [0.717, 1.165) is 95.0 Å². The van der Waals surface area contributed by atoms with Gasteiger partial charge in [0, 0.05) is 81.6 Å². The van der Waals surface area contributed by atoms with Crippen LogP contribution in [0.4, 0.5) is 86.6 Å². The molecule has 0 bridgehead atoms. The number of aromatic nitrogens is 8. The number of benzene rings is 8. The number of carbonyl (C=O) groups excluding carboxylic acids is 1. The second-order valence-electron chi connectivity index (χ2n) is 35.4. The number of piperidine rings is 3. The molecule has 4 aromatic heterocycles. The number of fused-ring (bicyclic) bond motifs is 1. The number of carbonyl (C=O) groups is 1. The number of allylic oxidation sites excluding steroid dienone is 1. The molecule has 12 aromatic rings. The Morgan fingerprint density at radius 2 is 0.942 bits per heavy atom. The molecule has 0 atom stereocenters. The number of likely N-dealkylation sites (tertiary alicyclic amines) is 1. The second-order valence-corrected chi connectivity index (χ2v) is 51.9. The van der Waals surface area contributed by atoms with Crippen molar-refractivity contribution in [1.82, 2.24) is 50.1 Å². The molecule has 3 aliphatic heterocycles. The van der Waals surface area contributed by atoms with E-state index in [1.165, 1.54) is 71.0 Å². The van der Waals surface area contributed by atoms with Crippen molar-refractivity contribution in [2.75, 3.05) is 163 Å². The van der Waals surface area contributed by atoms with E-state index in [1.807, 2.05) is 72.8 Å². The molecule has 722 valence electrons. The van der Waals surface area contributed by atoms with Crippen LogP contribution in [0.2, 0.25) is 15.1 Å². The molecule has 0 spiro atoms. The summed E-state index contributed by atoms with van der Waals surface area (Å²) >= 11 is 19.1. The van der Waals surface area contributed by atoms with E-state index < -0.39 is 43.7 Å². The first kappa shape index (κ1) is 103. The fourth-order valence-corrected chi connectivity index (χ4v) is 22.0. The summed E-state index contributed by atoms with van der Waals surface area (Å²) in [6.45, 7) is 25.4. The standard InChI is InChI=1S/C29H38ClN6O2P.C25H30ClN4O2P.C25H29N4O4PS.C21H22ClN4O3P/c1-38-26-19-22(36-17-13-21(14-18-36)35-15-7-4-8-16-35)11-12-24(26)33-29-31-20-23(30)28(34-29)32-25-9-5-6-10-27(25)39(2,3)37;1-32-22-14-18(17-10-12-27-13-11-17)8-9-19(22)15-24-28-16-20(26)25(30-24)29-21-6-4-5-7-23(21)33(2,3)31;1-16(2)35(31,32)23-12-7-6-10-21(23)26-24-18-9-8-11-19(18)27-25(29-24)28-20-14-13-17(34(4,5)30)15-22(20)33-3;1-13(27)15-7-5-6-8-17(15)24-20-16(22)12-23-21(26-20)25-18-10-9-14(30(3,4)28)11-19(18)29-2/h5-6,9-12,19-21H,4,7-8,13-18H2,1-3H3,(H2,31,32,33,34);4-9,14,16-17,27H,10-13,15H2,1-3H3,(H,28,29,30);6-10,12-16H,11H2,1-5H3,(H2,26,27,28,29);5-12H,1-4H3,(H2,23,24,25,26). The number of ether oxygens (including phenoxy) is 4. The van der Waals surface area contributed by atoms with Crippen LogP contribution < -0.4 is 87.6 Å². The van der Waals surface area contributed by atoms with Crippen LogP contribution in [0, 0.1) is 0 Å². The minimum atomic E-state index is -3.50. The number of hydrogen-bond donors (Lipinski definition) is 8. The van der Waals surface area contributed by atoms with Crippen molar-refractivity contribution in [3.8, 4) is 23.0 Å². The average Bonchev–Trinajstić information content (AvgIpc) is 1.76. The van der Waals surface area contributed by atoms with Gasteiger partial charge in [-0.2, -0.15) is 15.0 Å². The van der Waals surface area contributed by atoms with E-state index in [0.29, 0.717) is 137 Å². The molecular weight excluding hydrogens is 1890 g/mol. The number of nitrogens with one attached hydrogen (secondary N) is 8. The predicted molar refractivity (Wildman–Crippen MR) is 564 cm³/mol. The van der Waals surface area contributed by atoms with Gasteiger partial charge in [0.15, 0.2) is 33.1 Å². The van der Waals surface area contributed by atoms with Crippen LogP contribution in [-0.4, -0.2) is 191 Å². The average molecular weight is 2010 g/mol. The topological polar surface area (TPSA) is 362 Å². The molecule has 37 heteroatoms. The smallest absolute Gasteiger partial charge is 0.229 e. The van der Waals surface area contributed by atoms with Gasteiger partial charge in [-0.05, 0) is 253 Å². The van der Waals surface area contributed by atoms with Crippen molar-refractivity contribution in [3.63, 3.8) is 0 Å². The van der Waals surface area contributed by atoms with Gasteiger partial charge in [0.2, 0.25) is 17.8 Å². The minimum Gasteiger partial charge on any atom is -0.496 e. The van der Waals surface area contributed by atoms with Gasteiger partial charge >= 0.3 is 0 Å². The quantitative estimate of drug-likeness (QED) is 0.0153. The number of nitrogens with zero attached hydrogens (tertiary/aromatic N) is 10. The van der Waals surface area contributed by atoms with E-state index in [1.54, 1.807) is 180 Å². The number of rotatable bonds is 30. The summed E-state index contributed by atoms with van der Waals surface area (Å²) in [4.78, 5) is 53.2. The van der Waals surface area contributed by atoms with Crippen molar-refractivity contribution in [2.45, 2.75) is 101 Å². The summed E-state index contributed by atoms with van der Waals surface area (Å²) in [5, 5.41) is 29.3. The van der Waals surface area contributed by atoms with Crippen molar-refractivity contribution < 1.29 is 50.4 Å². The van der Waals surface area contributed by atoms with Crippen molar-refractivity contribution in [3.05, 3.63) is 243 Å². The third-order valence-corrected chi connectivity index (χ3v) is 32.9. The van der Waals surface area contributed by atoms with Crippen LogP contribution in [-0.2, 0) is 40.9 Å². The van der Waals surface area contributed by atoms with Crippen molar-refractivity contribution in [2.24, 2.45) is 0 Å². The number of halogens is 3. The lowest BCUT2D eigenvalue weighted by Gasteiger charge is -2.41. The Kier molecular flexibility index (Phi) is 34.6. The molecule has 0 radical (unpaired) electrons. The predicted octanol–water partition coefficient (Wildman–Crippen LogP) is 21.6. The van der Waals surface area contributed by atoms with Crippen molar-refractivity contribution in [1.29, 1.82) is 0 Å². The van der Waals surface area contributed by atoms with Gasteiger partial charge in [-0.25, -0.2) is 33.3 Å². The Hall–Kier alpha value is -11.3. The maximum Gasteiger partial charge on any atom is 0.229 e. The van der Waals surface area contributed by atoms with Crippen LogP contribution in [0.25, 0.3) is 6.08 Å². The van der Waals surface area contributed by atoms with Crippen LogP contribution in [0.15, 0.2) is 199 Å². The normalized spacial score (nSPS) is 14.2. The molecular formula is C100H119Cl3N18O11P4S. The monoisotopic (exact) mass is 2010 g/mol. The fourth-order valence-electron chi connectivity index (χ4n) is 16.3. The number of hydrogen-bond acceptors (Lipinski definition) is 29. The number of ketones is 1. The molecule has 137 heavy (non-hydrogen) atoms. The molecule has 0 amide bonds. The van der Waals surface area contributed by atoms with Gasteiger partial charge in [-0.1, -0.05) is 114 Å². The van der Waals surface area contributed by atoms with Gasteiger partial charge in [0.05, 0.1) is 103 Å². The second kappa shape index (κ2) is 46.0. The molecule has 3 fully saturated rings. The maximum atomic E-state index is 12.9. The lowest BCUT2D eigenvalue weighted by Crippen LogP contribution is -2.46. The molecule has 8 N–H and O–H groups in total. The highest BCUT2D eigenvalue weighted by Gasteiger charge is 2.30. The molecule has 7 heterocycles. The Bertz CT molecular complexity index is 6700. The SMILES string of the molecule is COc1cc(C2CCNCC2)ccc1Cc1ncc(Cl)c(Nc2ccccc2P(C)(C)=O)n1.COc1cc(N2CCC(N3CCCCC3)CC2)ccc1Nc1ncc(Cl)c(Nc2ccccc2P(C)(C)=O)n1.COc1cc(P(C)(C)=O)ccc1Nc1nc2c(c(Nc3ccccc3S(=O)(=O)C(C)C)n1)C=CC2.COc1cc(P(C)(C)=O)ccc1Nc1ncc(Cl)c(Nc2ccccc2C(C)=O)n1. The summed E-state index contributed by atoms with van der Waals surface area (Å²) < 4.78 is 98.5. The third kappa shape index (κ3) is 27.0. The Morgan fingerprint density at radius 3 is 1.47 bits per heavy atom. The number of sulfone groups is 1. The summed E-state index contributed by atoms with van der Waals surface area (Å²) in [6, 6.07) is 53.0. The number of para-hydroxylation sites is 4. The van der Waals surface area contributed by atoms with E-state index in [-0.39, 0.29) is 16.6 Å². The first-order chi connectivity index (χ1) is 65.3. The first-order valence-corrected chi connectivity index (χ1v) is 58.2. The number of anilines is 15. The van der Waals surface area contributed by atoms with Crippen molar-refractivity contribution >= 4 is 193 Å². The molecule has 4 aliphatic rings. The molecule has 29 nitrogen and oxygen atoms in total. The fraction of sp³-hybridized carbons (Fsp3) is 0.330. The Labute approximate surface area is 817 Å². The zero-order chi connectivity index (χ0) is 98.1. The zero-order valence-electron chi connectivity index (χ0n) is 79.7. The summed E-state index contributed by atoms with van der Waals surface area (Å²) in [6.07, 6.45) is 18.4.